The Kier molecular flexibility index (Phi) is 4.50. The van der Waals surface area contributed by atoms with Crippen molar-refractivity contribution in [2.75, 3.05) is 13.1 Å². The number of nitrogens with one attached hydrogen (secondary N) is 1. The molecule has 0 spiro atoms. The molecule has 1 saturated carbocycles. The summed E-state index contributed by atoms with van der Waals surface area (Å²) in [5, 5.41) is -0.224. The van der Waals surface area contributed by atoms with E-state index in [9.17, 15) is 18.0 Å². The molecule has 2 aromatic rings. The van der Waals surface area contributed by atoms with Crippen LogP contribution in [0.25, 0.3) is 11.2 Å². The Morgan fingerprint density at radius 1 is 1.00 bits per heavy atom. The normalized spacial score (nSPS) is 20.7. The minimum Gasteiger partial charge on any atom is -0.336 e. The summed E-state index contributed by atoms with van der Waals surface area (Å²) in [7, 11) is -0.182. The van der Waals surface area contributed by atoms with E-state index < -0.39 is 21.3 Å². The molecule has 0 atom stereocenters. The van der Waals surface area contributed by atoms with Crippen molar-refractivity contribution < 1.29 is 8.42 Å². The maximum atomic E-state index is 12.8. The van der Waals surface area contributed by atoms with Gasteiger partial charge in [0.25, 0.3) is 5.56 Å². The highest BCUT2D eigenvalue weighted by molar-refractivity contribution is 7.89. The average molecular weight is 395 g/mol. The predicted octanol–water partition coefficient (Wildman–Crippen LogP) is 0.412. The summed E-state index contributed by atoms with van der Waals surface area (Å²) in [4.78, 5) is 32.0. The fraction of sp³-hybridized carbons (Fsp3) is 0.706. The van der Waals surface area contributed by atoms with Gasteiger partial charge < -0.3 is 4.98 Å². The van der Waals surface area contributed by atoms with Gasteiger partial charge in [0.15, 0.2) is 5.65 Å². The minimum absolute atomic E-state index is 0.0484. The van der Waals surface area contributed by atoms with Crippen LogP contribution in [0, 0.1) is 0 Å². The molecule has 4 rings (SSSR count). The van der Waals surface area contributed by atoms with Crippen molar-refractivity contribution >= 4 is 21.2 Å². The Bertz CT molecular complexity index is 1080. The summed E-state index contributed by atoms with van der Waals surface area (Å²) in [5.74, 6) is 0.702. The number of rotatable bonds is 3. The summed E-state index contributed by atoms with van der Waals surface area (Å²) >= 11 is 0. The summed E-state index contributed by atoms with van der Waals surface area (Å²) in [6, 6.07) is 0. The van der Waals surface area contributed by atoms with E-state index in [4.69, 9.17) is 0 Å². The van der Waals surface area contributed by atoms with Crippen LogP contribution in [-0.4, -0.2) is 50.2 Å². The van der Waals surface area contributed by atoms with E-state index in [-0.39, 0.29) is 11.2 Å². The van der Waals surface area contributed by atoms with E-state index in [1.807, 2.05) is 0 Å². The molecule has 2 fully saturated rings. The summed E-state index contributed by atoms with van der Waals surface area (Å²) < 4.78 is 29.5. The molecular formula is C17H25N5O4S. The van der Waals surface area contributed by atoms with E-state index in [1.165, 1.54) is 11.6 Å². The Morgan fingerprint density at radius 3 is 2.26 bits per heavy atom. The van der Waals surface area contributed by atoms with Gasteiger partial charge in [0, 0.05) is 33.1 Å². The van der Waals surface area contributed by atoms with E-state index in [1.54, 1.807) is 11.4 Å². The average Bonchev–Trinajstić information content (AvgIpc) is 3.35. The molecule has 2 aromatic heterocycles. The number of H-pyrrole nitrogens is 1. The zero-order chi connectivity index (χ0) is 19.3. The number of imidazole rings is 1. The quantitative estimate of drug-likeness (QED) is 0.809. The molecule has 0 amide bonds. The van der Waals surface area contributed by atoms with Crippen LogP contribution < -0.4 is 11.2 Å². The maximum absolute atomic E-state index is 12.8. The molecule has 1 saturated heterocycles. The predicted molar refractivity (Wildman–Crippen MR) is 101 cm³/mol. The first-order valence-electron chi connectivity index (χ1n) is 9.45. The van der Waals surface area contributed by atoms with Crippen molar-refractivity contribution in [1.29, 1.82) is 0 Å². The number of aromatic amines is 1. The van der Waals surface area contributed by atoms with Gasteiger partial charge in [-0.25, -0.2) is 22.5 Å². The molecule has 1 aliphatic heterocycles. The van der Waals surface area contributed by atoms with Crippen LogP contribution in [0.5, 0.6) is 0 Å². The number of aromatic nitrogens is 4. The molecule has 0 aromatic carbocycles. The first-order chi connectivity index (χ1) is 12.8. The van der Waals surface area contributed by atoms with Crippen molar-refractivity contribution in [2.45, 2.75) is 49.7 Å². The molecule has 1 N–H and O–H groups in total. The fourth-order valence-electron chi connectivity index (χ4n) is 4.32. The lowest BCUT2D eigenvalue weighted by atomic mass is 9.97. The molecule has 148 valence electrons. The van der Waals surface area contributed by atoms with Crippen LogP contribution in [0.3, 0.4) is 0 Å². The topological polar surface area (TPSA) is 110 Å². The highest BCUT2D eigenvalue weighted by Crippen LogP contribution is 2.32. The van der Waals surface area contributed by atoms with Gasteiger partial charge in [-0.1, -0.05) is 12.8 Å². The Morgan fingerprint density at radius 2 is 1.63 bits per heavy atom. The van der Waals surface area contributed by atoms with Crippen LogP contribution in [0.2, 0.25) is 0 Å². The molecule has 0 unspecified atom stereocenters. The molecule has 0 radical (unpaired) electrons. The van der Waals surface area contributed by atoms with Crippen LogP contribution in [0.15, 0.2) is 9.59 Å². The first-order valence-corrected chi connectivity index (χ1v) is 11.0. The zero-order valence-electron chi connectivity index (χ0n) is 15.6. The molecule has 27 heavy (non-hydrogen) atoms. The van der Waals surface area contributed by atoms with Crippen molar-refractivity contribution in [2.24, 2.45) is 14.1 Å². The maximum Gasteiger partial charge on any atom is 0.332 e. The third-order valence-corrected chi connectivity index (χ3v) is 8.44. The minimum atomic E-state index is -3.21. The number of hydrogen-bond donors (Lipinski definition) is 1. The Balaban J connectivity index is 1.57. The number of fused-ring (bicyclic) bond motifs is 1. The van der Waals surface area contributed by atoms with E-state index in [2.05, 4.69) is 9.97 Å². The van der Waals surface area contributed by atoms with Gasteiger partial charge in [-0.3, -0.25) is 13.9 Å². The van der Waals surface area contributed by atoms with Gasteiger partial charge in [-0.15, -0.1) is 0 Å². The number of nitrogens with zero attached hydrogens (tertiary/aromatic N) is 4. The molecule has 9 nitrogen and oxygen atoms in total. The van der Waals surface area contributed by atoms with Crippen molar-refractivity contribution in [3.63, 3.8) is 0 Å². The largest absolute Gasteiger partial charge is 0.336 e. The van der Waals surface area contributed by atoms with Crippen molar-refractivity contribution in [3.05, 3.63) is 26.7 Å². The highest BCUT2D eigenvalue weighted by Gasteiger charge is 2.36. The lowest BCUT2D eigenvalue weighted by molar-refractivity contribution is 0.311. The second-order valence-corrected chi connectivity index (χ2v) is 9.86. The van der Waals surface area contributed by atoms with Crippen LogP contribution in [0.4, 0.5) is 0 Å². The molecular weight excluding hydrogens is 370 g/mol. The Hall–Kier alpha value is -1.94. The summed E-state index contributed by atoms with van der Waals surface area (Å²) in [6.45, 7) is 0.939. The molecule has 3 heterocycles. The number of sulfonamides is 1. The van der Waals surface area contributed by atoms with Gasteiger partial charge >= 0.3 is 5.69 Å². The second kappa shape index (κ2) is 6.59. The molecule has 0 bridgehead atoms. The van der Waals surface area contributed by atoms with E-state index in [0.717, 1.165) is 30.3 Å². The van der Waals surface area contributed by atoms with Crippen LogP contribution in [0.1, 0.15) is 50.3 Å². The SMILES string of the molecule is Cn1c(=O)c2[nH]c(C3CCN(S(=O)(=O)C4CCCC4)CC3)nc2n(C)c1=O. The smallest absolute Gasteiger partial charge is 0.332 e. The van der Waals surface area contributed by atoms with Gasteiger partial charge in [0.05, 0.1) is 5.25 Å². The van der Waals surface area contributed by atoms with E-state index >= 15 is 0 Å². The number of aryl methyl sites for hydroxylation is 1. The summed E-state index contributed by atoms with van der Waals surface area (Å²) in [6.07, 6.45) is 4.83. The van der Waals surface area contributed by atoms with Gasteiger partial charge in [0.1, 0.15) is 11.3 Å². The second-order valence-electron chi connectivity index (χ2n) is 7.65. The van der Waals surface area contributed by atoms with Crippen molar-refractivity contribution in [3.8, 4) is 0 Å². The standard InChI is InChI=1S/C17H25N5O4S/c1-20-15-13(16(23)21(2)17(20)24)18-14(19-15)11-7-9-22(10-8-11)27(25,26)12-5-3-4-6-12/h11-12H,3-10H2,1-2H3,(H,18,19). The van der Waals surface area contributed by atoms with Crippen LogP contribution in [-0.2, 0) is 24.1 Å². The van der Waals surface area contributed by atoms with Crippen LogP contribution >= 0.6 is 0 Å². The zero-order valence-corrected chi connectivity index (χ0v) is 16.5. The van der Waals surface area contributed by atoms with Gasteiger partial charge in [0.2, 0.25) is 10.0 Å². The Labute approximate surface area is 157 Å². The molecule has 1 aliphatic carbocycles. The van der Waals surface area contributed by atoms with E-state index in [0.29, 0.717) is 42.9 Å². The lowest BCUT2D eigenvalue weighted by Crippen LogP contribution is -2.42. The summed E-state index contributed by atoms with van der Waals surface area (Å²) in [5.41, 5.74) is -0.147. The number of piperidine rings is 1. The highest BCUT2D eigenvalue weighted by atomic mass is 32.2. The van der Waals surface area contributed by atoms with Gasteiger partial charge in [-0.2, -0.15) is 0 Å². The first kappa shape index (κ1) is 18.4. The van der Waals surface area contributed by atoms with Crippen molar-refractivity contribution in [1.82, 2.24) is 23.4 Å². The number of hydrogen-bond acceptors (Lipinski definition) is 5. The third kappa shape index (κ3) is 2.94. The third-order valence-electron chi connectivity index (χ3n) is 6.04. The lowest BCUT2D eigenvalue weighted by Gasteiger charge is -2.32. The molecule has 2 aliphatic rings. The fourth-order valence-corrected chi connectivity index (χ4v) is 6.39. The van der Waals surface area contributed by atoms with Gasteiger partial charge in [-0.05, 0) is 25.7 Å². The monoisotopic (exact) mass is 395 g/mol. The molecule has 10 heteroatoms.